The predicted octanol–water partition coefficient (Wildman–Crippen LogP) is 0.663. The van der Waals surface area contributed by atoms with Crippen LogP contribution in [0.3, 0.4) is 0 Å². The molecule has 0 spiro atoms. The van der Waals surface area contributed by atoms with E-state index in [1.165, 1.54) is 12.1 Å². The molecule has 8 heteroatoms. The smallest absolute Gasteiger partial charge is 0.276 e. The van der Waals surface area contributed by atoms with E-state index in [0.717, 1.165) is 26.1 Å². The molecule has 110 valence electrons. The lowest BCUT2D eigenvalue weighted by Crippen LogP contribution is -2.28. The molecule has 1 unspecified atom stereocenters. The molecule has 1 atom stereocenters. The average Bonchev–Trinajstić information content (AvgIpc) is 2.83. The minimum atomic E-state index is -0.441. The zero-order chi connectivity index (χ0) is 14.7. The van der Waals surface area contributed by atoms with Crippen LogP contribution in [0.4, 0.5) is 17.3 Å². The predicted molar refractivity (Wildman–Crippen MR) is 77.6 cm³/mol. The highest BCUT2D eigenvalue weighted by atomic mass is 16.6. The molecule has 1 aromatic rings. The average molecular weight is 280 g/mol. The number of nitrogens with two attached hydrogens (primary N) is 1. The van der Waals surface area contributed by atoms with Crippen LogP contribution in [0.15, 0.2) is 12.1 Å². The van der Waals surface area contributed by atoms with Gasteiger partial charge in [-0.1, -0.05) is 0 Å². The fourth-order valence-corrected chi connectivity index (χ4v) is 2.53. The Labute approximate surface area is 117 Å². The largest absolute Gasteiger partial charge is 0.359 e. The van der Waals surface area contributed by atoms with E-state index in [2.05, 4.69) is 22.4 Å². The topological polar surface area (TPSA) is 101 Å². The zero-order valence-corrected chi connectivity index (χ0v) is 11.7. The van der Waals surface area contributed by atoms with Crippen LogP contribution >= 0.6 is 0 Å². The quantitative estimate of drug-likeness (QED) is 0.464. The van der Waals surface area contributed by atoms with Crippen LogP contribution in [0.25, 0.3) is 0 Å². The zero-order valence-electron chi connectivity index (χ0n) is 11.7. The highest BCUT2D eigenvalue weighted by Gasteiger charge is 2.22. The first-order valence-corrected chi connectivity index (χ1v) is 6.52. The monoisotopic (exact) mass is 280 g/mol. The molecule has 0 aromatic carbocycles. The molecule has 0 amide bonds. The summed E-state index contributed by atoms with van der Waals surface area (Å²) in [6, 6.07) is 2.79. The molecule has 2 heterocycles. The van der Waals surface area contributed by atoms with E-state index in [9.17, 15) is 10.1 Å². The van der Waals surface area contributed by atoms with Gasteiger partial charge in [0.05, 0.1) is 17.1 Å². The lowest BCUT2D eigenvalue weighted by Gasteiger charge is -2.22. The first kappa shape index (κ1) is 14.5. The van der Waals surface area contributed by atoms with Gasteiger partial charge in [0.15, 0.2) is 0 Å². The van der Waals surface area contributed by atoms with Crippen LogP contribution < -0.4 is 16.2 Å². The number of nitrogens with one attached hydrogen (secondary N) is 1. The lowest BCUT2D eigenvalue weighted by atomic mass is 10.1. The van der Waals surface area contributed by atoms with E-state index in [0.29, 0.717) is 17.6 Å². The van der Waals surface area contributed by atoms with E-state index in [-0.39, 0.29) is 5.69 Å². The summed E-state index contributed by atoms with van der Waals surface area (Å²) in [7, 11) is 3.99. The van der Waals surface area contributed by atoms with Crippen molar-refractivity contribution in [3.05, 3.63) is 22.2 Å². The Balaban J connectivity index is 2.13. The summed E-state index contributed by atoms with van der Waals surface area (Å²) in [6.07, 6.45) is 1.14. The van der Waals surface area contributed by atoms with Crippen LogP contribution in [-0.4, -0.2) is 48.5 Å². The van der Waals surface area contributed by atoms with Crippen molar-refractivity contribution >= 4 is 17.3 Å². The molecular formula is C12H20N6O2. The van der Waals surface area contributed by atoms with Gasteiger partial charge in [0.2, 0.25) is 0 Å². The standard InChI is InChI=1S/C12H20N6O2/c1-16-4-3-9(7-16)8-17(2)12-6-10(18(19)20)5-11(14-12)15-13/h5-6,9H,3-4,7-8,13H2,1-2H3,(H,14,15). The number of nitro groups is 1. The Morgan fingerprint density at radius 2 is 2.40 bits per heavy atom. The molecule has 1 aliphatic heterocycles. The first-order chi connectivity index (χ1) is 9.49. The SMILES string of the molecule is CN1CCC(CN(C)c2cc([N+](=O)[O-])cc(NN)n2)C1. The highest BCUT2D eigenvalue weighted by Crippen LogP contribution is 2.24. The van der Waals surface area contributed by atoms with Gasteiger partial charge in [0, 0.05) is 20.1 Å². The molecule has 1 aliphatic rings. The number of hydrogen-bond donors (Lipinski definition) is 2. The van der Waals surface area contributed by atoms with Gasteiger partial charge in [-0.2, -0.15) is 0 Å². The van der Waals surface area contributed by atoms with Gasteiger partial charge in [0.25, 0.3) is 5.69 Å². The van der Waals surface area contributed by atoms with Crippen LogP contribution in [0.5, 0.6) is 0 Å². The molecule has 0 saturated carbocycles. The minimum Gasteiger partial charge on any atom is -0.359 e. The number of likely N-dealkylation sites (tertiary alicyclic amines) is 1. The Hall–Kier alpha value is -1.93. The highest BCUT2D eigenvalue weighted by molar-refractivity contribution is 5.55. The summed E-state index contributed by atoms with van der Waals surface area (Å²) in [5, 5.41) is 10.9. The molecule has 2 rings (SSSR count). The van der Waals surface area contributed by atoms with Gasteiger partial charge in [-0.15, -0.1) is 0 Å². The molecule has 0 radical (unpaired) electrons. The summed E-state index contributed by atoms with van der Waals surface area (Å²) in [5.41, 5.74) is 2.35. The first-order valence-electron chi connectivity index (χ1n) is 6.52. The van der Waals surface area contributed by atoms with Crippen LogP contribution in [-0.2, 0) is 0 Å². The molecule has 20 heavy (non-hydrogen) atoms. The number of hydrazine groups is 1. The Morgan fingerprint density at radius 3 is 2.95 bits per heavy atom. The lowest BCUT2D eigenvalue weighted by molar-refractivity contribution is -0.384. The van der Waals surface area contributed by atoms with Gasteiger partial charge in [0.1, 0.15) is 11.6 Å². The molecule has 1 aromatic heterocycles. The van der Waals surface area contributed by atoms with E-state index >= 15 is 0 Å². The van der Waals surface area contributed by atoms with Crippen molar-refractivity contribution in [3.63, 3.8) is 0 Å². The number of nitrogen functional groups attached to an aromatic ring is 1. The van der Waals surface area contributed by atoms with Crippen molar-refractivity contribution in [2.24, 2.45) is 11.8 Å². The fourth-order valence-electron chi connectivity index (χ4n) is 2.53. The second-order valence-electron chi connectivity index (χ2n) is 5.27. The molecule has 0 bridgehead atoms. The van der Waals surface area contributed by atoms with Crippen LogP contribution in [0.1, 0.15) is 6.42 Å². The van der Waals surface area contributed by atoms with Crippen molar-refractivity contribution in [2.45, 2.75) is 6.42 Å². The Morgan fingerprint density at radius 1 is 1.65 bits per heavy atom. The number of anilines is 2. The van der Waals surface area contributed by atoms with Gasteiger partial charge >= 0.3 is 0 Å². The maximum atomic E-state index is 10.9. The summed E-state index contributed by atoms with van der Waals surface area (Å²) in [5.74, 6) is 6.72. The second kappa shape index (κ2) is 6.02. The van der Waals surface area contributed by atoms with E-state index in [1.54, 1.807) is 0 Å². The third kappa shape index (κ3) is 3.34. The molecule has 1 saturated heterocycles. The van der Waals surface area contributed by atoms with Crippen molar-refractivity contribution in [3.8, 4) is 0 Å². The Bertz CT molecular complexity index is 495. The number of nitrogens with zero attached hydrogens (tertiary/aromatic N) is 4. The maximum Gasteiger partial charge on any atom is 0.276 e. The summed E-state index contributed by atoms with van der Waals surface area (Å²) in [6.45, 7) is 2.96. The van der Waals surface area contributed by atoms with E-state index in [1.807, 2.05) is 11.9 Å². The fraction of sp³-hybridized carbons (Fsp3) is 0.583. The van der Waals surface area contributed by atoms with Crippen molar-refractivity contribution in [1.82, 2.24) is 9.88 Å². The van der Waals surface area contributed by atoms with Crippen molar-refractivity contribution < 1.29 is 4.92 Å². The van der Waals surface area contributed by atoms with Crippen LogP contribution in [0.2, 0.25) is 0 Å². The van der Waals surface area contributed by atoms with Crippen molar-refractivity contribution in [2.75, 3.05) is 44.1 Å². The Kier molecular flexibility index (Phi) is 4.35. The summed E-state index contributed by atoms with van der Waals surface area (Å²) in [4.78, 5) is 19.0. The van der Waals surface area contributed by atoms with Gasteiger partial charge in [-0.3, -0.25) is 10.1 Å². The van der Waals surface area contributed by atoms with Crippen molar-refractivity contribution in [1.29, 1.82) is 0 Å². The van der Waals surface area contributed by atoms with Gasteiger partial charge in [-0.05, 0) is 25.9 Å². The molecule has 1 fully saturated rings. The third-order valence-corrected chi connectivity index (χ3v) is 3.57. The molecule has 0 aliphatic carbocycles. The summed E-state index contributed by atoms with van der Waals surface area (Å²) < 4.78 is 0. The summed E-state index contributed by atoms with van der Waals surface area (Å²) >= 11 is 0. The molecular weight excluding hydrogens is 260 g/mol. The second-order valence-corrected chi connectivity index (χ2v) is 5.27. The number of pyridine rings is 1. The molecule has 3 N–H and O–H groups in total. The maximum absolute atomic E-state index is 10.9. The molecule has 8 nitrogen and oxygen atoms in total. The number of hydrogen-bond acceptors (Lipinski definition) is 7. The van der Waals surface area contributed by atoms with Gasteiger partial charge < -0.3 is 15.2 Å². The third-order valence-electron chi connectivity index (χ3n) is 3.57. The minimum absolute atomic E-state index is 0.0154. The van der Waals surface area contributed by atoms with Crippen LogP contribution in [0, 0.1) is 16.0 Å². The number of aromatic nitrogens is 1. The number of rotatable bonds is 5. The van der Waals surface area contributed by atoms with E-state index in [4.69, 9.17) is 5.84 Å². The van der Waals surface area contributed by atoms with Gasteiger partial charge in [-0.25, -0.2) is 10.8 Å². The normalized spacial score (nSPS) is 19.1. The van der Waals surface area contributed by atoms with E-state index < -0.39 is 4.92 Å².